The summed E-state index contributed by atoms with van der Waals surface area (Å²) in [5.74, 6) is -0.866. The number of carbonyl (C=O) groups excluding carboxylic acids is 2. The fraction of sp³-hybridized carbons (Fsp3) is 0.125. The van der Waals surface area contributed by atoms with Crippen LogP contribution in [0.2, 0.25) is 10.0 Å². The Balaban J connectivity index is 1.64. The summed E-state index contributed by atoms with van der Waals surface area (Å²) in [5.41, 5.74) is 4.72. The van der Waals surface area contributed by atoms with Crippen molar-refractivity contribution in [1.82, 2.24) is 5.43 Å². The Hall–Kier alpha value is -3.07. The molecule has 10 heteroatoms. The van der Waals surface area contributed by atoms with E-state index in [1.807, 2.05) is 18.2 Å². The average Bonchev–Trinajstić information content (AvgIpc) is 2.81. The number of benzene rings is 3. The lowest BCUT2D eigenvalue weighted by atomic mass is 10.2. The summed E-state index contributed by atoms with van der Waals surface area (Å²) in [6, 6.07) is 15.8. The molecule has 3 rings (SSSR count). The van der Waals surface area contributed by atoms with Crippen molar-refractivity contribution < 1.29 is 19.1 Å². The molecule has 0 aliphatic heterocycles. The highest BCUT2D eigenvalue weighted by molar-refractivity contribution is 9.10. The highest BCUT2D eigenvalue weighted by atomic mass is 79.9. The molecule has 0 spiro atoms. The molecule has 0 aliphatic carbocycles. The molecule has 0 aliphatic rings. The lowest BCUT2D eigenvalue weighted by Crippen LogP contribution is -2.32. The van der Waals surface area contributed by atoms with Gasteiger partial charge in [0.25, 0.3) is 0 Å². The van der Waals surface area contributed by atoms with Crippen molar-refractivity contribution in [2.24, 2.45) is 5.10 Å². The summed E-state index contributed by atoms with van der Waals surface area (Å²) in [5, 5.41) is 7.44. The van der Waals surface area contributed by atoms with Crippen molar-refractivity contribution in [3.05, 3.63) is 85.8 Å². The number of nitrogens with zero attached hydrogens (tertiary/aromatic N) is 1. The van der Waals surface area contributed by atoms with Crippen LogP contribution in [0.4, 0.5) is 5.69 Å². The molecular weight excluding hydrogens is 545 g/mol. The zero-order chi connectivity index (χ0) is 24.7. The number of nitrogens with one attached hydrogen (secondary N) is 2. The first-order valence-electron chi connectivity index (χ1n) is 9.93. The second-order valence-corrected chi connectivity index (χ2v) is 8.65. The molecular formula is C24H20BrCl2N3O4. The SMILES string of the molecule is COc1cc(/C=N/NC(=O)C(=O)Nc2cccc(Cl)c2C)cc(Br)c1OCc1ccccc1Cl. The second kappa shape index (κ2) is 11.9. The van der Waals surface area contributed by atoms with Gasteiger partial charge in [0.2, 0.25) is 0 Å². The number of amides is 2. The number of halogens is 3. The number of rotatable bonds is 7. The van der Waals surface area contributed by atoms with Gasteiger partial charge in [-0.1, -0.05) is 47.5 Å². The summed E-state index contributed by atoms with van der Waals surface area (Å²) in [4.78, 5) is 24.2. The van der Waals surface area contributed by atoms with Gasteiger partial charge < -0.3 is 14.8 Å². The quantitative estimate of drug-likeness (QED) is 0.217. The fourth-order valence-corrected chi connectivity index (χ4v) is 3.80. The van der Waals surface area contributed by atoms with Gasteiger partial charge in [0.15, 0.2) is 11.5 Å². The highest BCUT2D eigenvalue weighted by Crippen LogP contribution is 2.37. The predicted octanol–water partition coefficient (Wildman–Crippen LogP) is 5.74. The van der Waals surface area contributed by atoms with Gasteiger partial charge in [-0.05, 0) is 64.3 Å². The third-order valence-electron chi connectivity index (χ3n) is 4.68. The summed E-state index contributed by atoms with van der Waals surface area (Å²) in [7, 11) is 1.51. The van der Waals surface area contributed by atoms with Gasteiger partial charge >= 0.3 is 11.8 Å². The number of ether oxygens (including phenoxy) is 2. The molecule has 0 fully saturated rings. The van der Waals surface area contributed by atoms with E-state index in [0.717, 1.165) is 5.56 Å². The van der Waals surface area contributed by atoms with E-state index < -0.39 is 11.8 Å². The molecule has 0 unspecified atom stereocenters. The molecule has 0 heterocycles. The second-order valence-electron chi connectivity index (χ2n) is 6.98. The molecule has 34 heavy (non-hydrogen) atoms. The molecule has 3 aromatic rings. The molecule has 0 saturated carbocycles. The lowest BCUT2D eigenvalue weighted by Gasteiger charge is -2.14. The number of methoxy groups -OCH3 is 1. The van der Waals surface area contributed by atoms with Crippen LogP contribution >= 0.6 is 39.1 Å². The Labute approximate surface area is 215 Å². The first kappa shape index (κ1) is 25.6. The molecule has 0 atom stereocenters. The lowest BCUT2D eigenvalue weighted by molar-refractivity contribution is -0.136. The van der Waals surface area contributed by atoms with Crippen molar-refractivity contribution >= 4 is 62.8 Å². The largest absolute Gasteiger partial charge is 0.493 e. The van der Waals surface area contributed by atoms with Gasteiger partial charge in [-0.15, -0.1) is 0 Å². The zero-order valence-corrected chi connectivity index (χ0v) is 21.3. The maximum Gasteiger partial charge on any atom is 0.329 e. The van der Waals surface area contributed by atoms with Crippen molar-refractivity contribution in [3.8, 4) is 11.5 Å². The Kier molecular flexibility index (Phi) is 8.92. The van der Waals surface area contributed by atoms with Crippen LogP contribution in [-0.2, 0) is 16.2 Å². The molecule has 2 amide bonds. The van der Waals surface area contributed by atoms with Crippen LogP contribution in [0.25, 0.3) is 0 Å². The van der Waals surface area contributed by atoms with Crippen molar-refractivity contribution in [2.75, 3.05) is 12.4 Å². The van der Waals surface area contributed by atoms with Crippen LogP contribution in [0.5, 0.6) is 11.5 Å². The Morgan fingerprint density at radius 1 is 1.06 bits per heavy atom. The average molecular weight is 565 g/mol. The van der Waals surface area contributed by atoms with E-state index >= 15 is 0 Å². The number of hydrogen-bond donors (Lipinski definition) is 2. The summed E-state index contributed by atoms with van der Waals surface area (Å²) < 4.78 is 11.9. The number of hydrogen-bond acceptors (Lipinski definition) is 5. The fourth-order valence-electron chi connectivity index (χ4n) is 2.86. The number of hydrazone groups is 1. The predicted molar refractivity (Wildman–Crippen MR) is 137 cm³/mol. The topological polar surface area (TPSA) is 89.0 Å². The number of anilines is 1. The standard InChI is InChI=1S/C24H20BrCl2N3O4/c1-14-18(26)8-5-9-20(14)29-23(31)24(32)30-28-12-15-10-17(25)22(21(11-15)33-2)34-13-16-6-3-4-7-19(16)27/h3-12H,13H2,1-2H3,(H,29,31)(H,30,32)/b28-12+. The van der Waals surface area contributed by atoms with Crippen LogP contribution in [-0.4, -0.2) is 25.1 Å². The van der Waals surface area contributed by atoms with Gasteiger partial charge in [-0.25, -0.2) is 5.43 Å². The maximum atomic E-state index is 12.1. The van der Waals surface area contributed by atoms with Crippen LogP contribution < -0.4 is 20.2 Å². The first-order valence-corrected chi connectivity index (χ1v) is 11.5. The summed E-state index contributed by atoms with van der Waals surface area (Å²) in [6.07, 6.45) is 1.38. The van der Waals surface area contributed by atoms with Gasteiger partial charge in [0.05, 0.1) is 17.8 Å². The summed E-state index contributed by atoms with van der Waals surface area (Å²) >= 11 is 15.7. The van der Waals surface area contributed by atoms with E-state index in [1.54, 1.807) is 43.3 Å². The van der Waals surface area contributed by atoms with Crippen molar-refractivity contribution in [2.45, 2.75) is 13.5 Å². The van der Waals surface area contributed by atoms with E-state index in [-0.39, 0.29) is 6.61 Å². The van der Waals surface area contributed by atoms with Crippen molar-refractivity contribution in [3.63, 3.8) is 0 Å². The van der Waals surface area contributed by atoms with E-state index in [9.17, 15) is 9.59 Å². The molecule has 0 radical (unpaired) electrons. The molecule has 3 aromatic carbocycles. The third-order valence-corrected chi connectivity index (χ3v) is 6.05. The number of carbonyl (C=O) groups is 2. The minimum atomic E-state index is -0.929. The Morgan fingerprint density at radius 3 is 2.53 bits per heavy atom. The van der Waals surface area contributed by atoms with Crippen LogP contribution in [0.3, 0.4) is 0 Å². The minimum Gasteiger partial charge on any atom is -0.493 e. The van der Waals surface area contributed by atoms with Crippen molar-refractivity contribution in [1.29, 1.82) is 0 Å². The molecule has 0 aromatic heterocycles. The molecule has 7 nitrogen and oxygen atoms in total. The molecule has 2 N–H and O–H groups in total. The maximum absolute atomic E-state index is 12.1. The molecule has 0 saturated heterocycles. The first-order chi connectivity index (χ1) is 16.3. The van der Waals surface area contributed by atoms with Gasteiger partial charge in [-0.3, -0.25) is 9.59 Å². The van der Waals surface area contributed by atoms with Crippen LogP contribution in [0.1, 0.15) is 16.7 Å². The highest BCUT2D eigenvalue weighted by Gasteiger charge is 2.15. The summed E-state index contributed by atoms with van der Waals surface area (Å²) in [6.45, 7) is 1.99. The van der Waals surface area contributed by atoms with Gasteiger partial charge in [0.1, 0.15) is 6.61 Å². The van der Waals surface area contributed by atoms with Gasteiger partial charge in [-0.2, -0.15) is 5.10 Å². The van der Waals surface area contributed by atoms with E-state index in [4.69, 9.17) is 32.7 Å². The minimum absolute atomic E-state index is 0.249. The van der Waals surface area contributed by atoms with E-state index in [2.05, 4.69) is 31.8 Å². The normalized spacial score (nSPS) is 10.7. The monoisotopic (exact) mass is 563 g/mol. The molecule has 0 bridgehead atoms. The van der Waals surface area contributed by atoms with Crippen LogP contribution in [0.15, 0.2) is 64.2 Å². The van der Waals surface area contributed by atoms with Crippen LogP contribution in [0, 0.1) is 6.92 Å². The van der Waals surface area contributed by atoms with E-state index in [0.29, 0.717) is 42.8 Å². The Bertz CT molecular complexity index is 1250. The van der Waals surface area contributed by atoms with E-state index in [1.165, 1.54) is 13.3 Å². The zero-order valence-electron chi connectivity index (χ0n) is 18.2. The Morgan fingerprint density at radius 2 is 1.79 bits per heavy atom. The van der Waals surface area contributed by atoms with Gasteiger partial charge in [0, 0.05) is 21.3 Å². The smallest absolute Gasteiger partial charge is 0.329 e. The third kappa shape index (κ3) is 6.50. The molecule has 176 valence electrons.